The van der Waals surface area contributed by atoms with Crippen LogP contribution in [0, 0.1) is 0 Å². The lowest BCUT2D eigenvalue weighted by Gasteiger charge is -2.41. The van der Waals surface area contributed by atoms with E-state index in [1.807, 2.05) is 6.08 Å². The molecule has 11 nitrogen and oxygen atoms in total. The minimum atomic E-state index is -1.62. The van der Waals surface area contributed by atoms with Crippen LogP contribution in [0.25, 0.3) is 0 Å². The summed E-state index contributed by atoms with van der Waals surface area (Å²) in [5, 5.41) is 57.0. The first-order chi connectivity index (χ1) is 37.7. The lowest BCUT2D eigenvalue weighted by atomic mass is 9.99. The highest BCUT2D eigenvalue weighted by atomic mass is 16.7. The highest BCUT2D eigenvalue weighted by Crippen LogP contribution is 2.26. The molecule has 6 N–H and O–H groups in total. The first kappa shape index (κ1) is 72.1. The Kier molecular flexibility index (Phi) is 50.3. The van der Waals surface area contributed by atoms with E-state index >= 15 is 0 Å². The van der Waals surface area contributed by atoms with Crippen LogP contribution in [0.15, 0.2) is 72.9 Å². The number of carbonyl (C=O) groups excluding carboxylic acids is 2. The minimum absolute atomic E-state index is 0.116. The molecule has 0 saturated carbocycles. The number of hydrogen-bond acceptors (Lipinski definition) is 10. The number of rotatable bonds is 53. The van der Waals surface area contributed by atoms with Crippen molar-refractivity contribution in [2.24, 2.45) is 0 Å². The van der Waals surface area contributed by atoms with Crippen LogP contribution in [0.3, 0.4) is 0 Å². The molecule has 0 aliphatic carbocycles. The summed E-state index contributed by atoms with van der Waals surface area (Å²) in [5.74, 6) is -1.21. The number of ether oxygens (including phenoxy) is 3. The topological polar surface area (TPSA) is 175 Å². The van der Waals surface area contributed by atoms with E-state index in [2.05, 4.69) is 86.8 Å². The monoisotopic (exact) mass is 1080 g/mol. The Morgan fingerprint density at radius 1 is 0.519 bits per heavy atom. The van der Waals surface area contributed by atoms with E-state index in [0.29, 0.717) is 12.8 Å². The molecule has 0 radical (unpaired) electrons. The van der Waals surface area contributed by atoms with Crippen molar-refractivity contribution in [1.29, 1.82) is 0 Å². The molecule has 1 fully saturated rings. The van der Waals surface area contributed by atoms with Crippen LogP contribution >= 0.6 is 0 Å². The van der Waals surface area contributed by atoms with E-state index in [0.717, 1.165) is 109 Å². The summed E-state index contributed by atoms with van der Waals surface area (Å²) in [5.41, 5.74) is 0. The van der Waals surface area contributed by atoms with Gasteiger partial charge in [-0.2, -0.15) is 0 Å². The molecule has 77 heavy (non-hydrogen) atoms. The molecular weight excluding hydrogens is 967 g/mol. The number of carbonyl (C=O) groups is 2. The molecule has 1 rings (SSSR count). The maximum Gasteiger partial charge on any atom is 0.306 e. The van der Waals surface area contributed by atoms with Crippen LogP contribution in [-0.2, 0) is 23.8 Å². The molecule has 1 saturated heterocycles. The fraction of sp³-hybridized carbons (Fsp3) is 0.788. The van der Waals surface area contributed by atoms with Gasteiger partial charge >= 0.3 is 5.97 Å². The highest BCUT2D eigenvalue weighted by Gasteiger charge is 2.47. The Morgan fingerprint density at radius 2 is 0.935 bits per heavy atom. The Balaban J connectivity index is 2.63. The van der Waals surface area contributed by atoms with Gasteiger partial charge in [-0.15, -0.1) is 0 Å². The summed E-state index contributed by atoms with van der Waals surface area (Å²) >= 11 is 0. The fourth-order valence-corrected chi connectivity index (χ4v) is 9.58. The quantitative estimate of drug-likeness (QED) is 0.0195. The molecule has 8 atom stereocenters. The van der Waals surface area contributed by atoms with Crippen LogP contribution in [0.2, 0.25) is 0 Å². The molecule has 0 aromatic rings. The lowest BCUT2D eigenvalue weighted by molar-refractivity contribution is -0.305. The number of nitrogens with one attached hydrogen (secondary N) is 1. The summed E-state index contributed by atoms with van der Waals surface area (Å²) in [6.07, 6.45) is 58.0. The third-order valence-electron chi connectivity index (χ3n) is 14.6. The van der Waals surface area contributed by atoms with E-state index in [-0.39, 0.29) is 19.4 Å². The Hall–Kier alpha value is -2.90. The van der Waals surface area contributed by atoms with E-state index < -0.39 is 67.4 Å². The SMILES string of the molecule is CC/C=C/C/C=C/CCCCCCCCC(O)C(=O)NC(COC1OC(CO)C(O)C(O)C1OC(=O)CCCCCCCCCCCC/C=C\C/C=C\C/C=C\CCCCC)C(O)/C=C/CCCCCCCCCCCC. The third kappa shape index (κ3) is 41.7. The van der Waals surface area contributed by atoms with E-state index in [4.69, 9.17) is 14.2 Å². The minimum Gasteiger partial charge on any atom is -0.454 e. The van der Waals surface area contributed by atoms with Crippen molar-refractivity contribution in [2.45, 2.75) is 320 Å². The van der Waals surface area contributed by atoms with Gasteiger partial charge in [0.2, 0.25) is 5.91 Å². The number of aliphatic hydroxyl groups excluding tert-OH is 5. The Bertz CT molecular complexity index is 1530. The fourth-order valence-electron chi connectivity index (χ4n) is 9.58. The number of aliphatic hydroxyl groups is 5. The predicted octanol–water partition coefficient (Wildman–Crippen LogP) is 15.2. The van der Waals surface area contributed by atoms with Gasteiger partial charge in [0.15, 0.2) is 12.4 Å². The van der Waals surface area contributed by atoms with Gasteiger partial charge in [-0.1, -0.05) is 248 Å². The molecule has 0 spiro atoms. The van der Waals surface area contributed by atoms with Gasteiger partial charge in [-0.25, -0.2) is 0 Å². The van der Waals surface area contributed by atoms with Crippen molar-refractivity contribution >= 4 is 11.9 Å². The van der Waals surface area contributed by atoms with Gasteiger partial charge in [0.1, 0.15) is 24.4 Å². The second-order valence-corrected chi connectivity index (χ2v) is 21.8. The first-order valence-corrected chi connectivity index (χ1v) is 31.7. The summed E-state index contributed by atoms with van der Waals surface area (Å²) in [6.45, 7) is 5.65. The van der Waals surface area contributed by atoms with Crippen molar-refractivity contribution in [3.8, 4) is 0 Å². The van der Waals surface area contributed by atoms with Gasteiger partial charge in [-0.3, -0.25) is 9.59 Å². The molecule has 446 valence electrons. The third-order valence-corrected chi connectivity index (χ3v) is 14.6. The summed E-state index contributed by atoms with van der Waals surface area (Å²) in [7, 11) is 0. The largest absolute Gasteiger partial charge is 0.454 e. The smallest absolute Gasteiger partial charge is 0.306 e. The Labute approximate surface area is 471 Å². The van der Waals surface area contributed by atoms with Crippen LogP contribution < -0.4 is 5.32 Å². The van der Waals surface area contributed by atoms with Gasteiger partial charge in [-0.05, 0) is 89.9 Å². The number of hydrogen-bond donors (Lipinski definition) is 6. The molecule has 1 aliphatic heterocycles. The van der Waals surface area contributed by atoms with E-state index in [1.54, 1.807) is 6.08 Å². The van der Waals surface area contributed by atoms with Crippen molar-refractivity contribution in [3.63, 3.8) is 0 Å². The van der Waals surface area contributed by atoms with E-state index in [9.17, 15) is 35.1 Å². The zero-order valence-electron chi connectivity index (χ0n) is 49.3. The van der Waals surface area contributed by atoms with Crippen LogP contribution in [0.5, 0.6) is 0 Å². The summed E-state index contributed by atoms with van der Waals surface area (Å²) in [4.78, 5) is 26.5. The second kappa shape index (κ2) is 53.7. The molecule has 0 aromatic heterocycles. The van der Waals surface area contributed by atoms with Crippen molar-refractivity contribution in [1.82, 2.24) is 5.32 Å². The van der Waals surface area contributed by atoms with E-state index in [1.165, 1.54) is 116 Å². The normalized spacial score (nSPS) is 19.5. The van der Waals surface area contributed by atoms with Gasteiger partial charge in [0.05, 0.1) is 25.4 Å². The van der Waals surface area contributed by atoms with Crippen molar-refractivity contribution in [3.05, 3.63) is 72.9 Å². The zero-order valence-corrected chi connectivity index (χ0v) is 49.3. The molecule has 1 heterocycles. The zero-order chi connectivity index (χ0) is 56.1. The maximum atomic E-state index is 13.4. The predicted molar refractivity (Wildman–Crippen MR) is 319 cm³/mol. The molecule has 8 unspecified atom stereocenters. The van der Waals surface area contributed by atoms with Crippen molar-refractivity contribution in [2.75, 3.05) is 13.2 Å². The second-order valence-electron chi connectivity index (χ2n) is 21.8. The average molecular weight is 1080 g/mol. The number of unbranched alkanes of at least 4 members (excludes halogenated alkanes) is 29. The molecular formula is C66H117NO10. The molecule has 0 aromatic carbocycles. The van der Waals surface area contributed by atoms with Crippen molar-refractivity contribution < 1.29 is 49.3 Å². The molecule has 1 amide bonds. The van der Waals surface area contributed by atoms with Gasteiger partial charge in [0.25, 0.3) is 0 Å². The standard InChI is InChI=1S/C66H117NO10/c1-4-7-10-13-16-19-22-25-26-27-28-29-30-31-32-33-34-36-39-42-45-48-51-54-61(71)77-64-63(73)62(72)60(55-68)76-66(64)75-56-57(58(69)52-49-46-43-40-37-24-21-18-15-12-9-6-3)67-65(74)59(70)53-50-47-44-41-38-35-23-20-17-14-11-8-5-2/h8,11,16-17,19-20,25-26,28-29,49,52,57-60,62-64,66,68-70,72-73H,4-7,9-10,12-15,18,21-24,27,30-48,50-51,53-56H2,1-3H3,(H,67,74)/b11-8+,19-16-,20-17+,26-25-,29-28-,52-49+. The number of allylic oxidation sites excluding steroid dienone is 11. The molecule has 0 bridgehead atoms. The van der Waals surface area contributed by atoms with Crippen LogP contribution in [0.1, 0.15) is 271 Å². The Morgan fingerprint density at radius 3 is 1.43 bits per heavy atom. The summed E-state index contributed by atoms with van der Waals surface area (Å²) < 4.78 is 17.6. The molecule has 1 aliphatic rings. The average Bonchev–Trinajstić information content (AvgIpc) is 3.43. The number of amides is 1. The van der Waals surface area contributed by atoms with Crippen LogP contribution in [-0.4, -0.2) is 99.6 Å². The number of esters is 1. The maximum absolute atomic E-state index is 13.4. The van der Waals surface area contributed by atoms with Crippen LogP contribution in [0.4, 0.5) is 0 Å². The highest BCUT2D eigenvalue weighted by molar-refractivity contribution is 5.80. The lowest BCUT2D eigenvalue weighted by Crippen LogP contribution is -2.61. The molecule has 11 heteroatoms. The summed E-state index contributed by atoms with van der Waals surface area (Å²) in [6, 6.07) is -1.03. The van der Waals surface area contributed by atoms with Gasteiger partial charge in [0, 0.05) is 6.42 Å². The van der Waals surface area contributed by atoms with Gasteiger partial charge < -0.3 is 45.1 Å². The first-order valence-electron chi connectivity index (χ1n) is 31.7.